The number of nitriles is 1. The molecule has 0 unspecified atom stereocenters. The van der Waals surface area contributed by atoms with Gasteiger partial charge in [0, 0.05) is 5.56 Å². The van der Waals surface area contributed by atoms with Crippen LogP contribution in [-0.2, 0) is 0 Å². The van der Waals surface area contributed by atoms with Crippen molar-refractivity contribution in [1.82, 2.24) is 20.2 Å². The Labute approximate surface area is 204 Å². The van der Waals surface area contributed by atoms with Gasteiger partial charge >= 0.3 is 6.03 Å². The highest BCUT2D eigenvalue weighted by molar-refractivity contribution is 6.01. The lowest BCUT2D eigenvalue weighted by Gasteiger charge is -2.14. The number of hydrogen-bond donors (Lipinski definition) is 5. The van der Waals surface area contributed by atoms with Crippen molar-refractivity contribution in [2.45, 2.75) is 0 Å². The minimum atomic E-state index is -0.719. The lowest BCUT2D eigenvalue weighted by Crippen LogP contribution is -2.21. The molecule has 180 valence electrons. The predicted molar refractivity (Wildman–Crippen MR) is 132 cm³/mol. The van der Waals surface area contributed by atoms with Gasteiger partial charge in [0.25, 0.3) is 5.56 Å². The monoisotopic (exact) mass is 484 g/mol. The van der Waals surface area contributed by atoms with Gasteiger partial charge in [0.15, 0.2) is 11.4 Å². The number of aliphatic hydroxyl groups is 1. The molecule has 0 spiro atoms. The number of aromatic amines is 1. The number of benzene rings is 2. The molecular weight excluding hydrogens is 464 g/mol. The molecule has 0 aliphatic heterocycles. The largest absolute Gasteiger partial charge is 0.474 e. The fraction of sp³-hybridized carbons (Fsp3) is 0.0833. The van der Waals surface area contributed by atoms with Crippen LogP contribution in [0.15, 0.2) is 71.5 Å². The highest BCUT2D eigenvalue weighted by atomic mass is 16.5. The van der Waals surface area contributed by atoms with Crippen LogP contribution in [0.1, 0.15) is 5.56 Å². The zero-order valence-electron chi connectivity index (χ0n) is 18.7. The molecule has 0 atom stereocenters. The van der Waals surface area contributed by atoms with Crippen LogP contribution in [0.25, 0.3) is 11.3 Å². The topological polar surface area (TPSA) is 178 Å². The molecular formula is C24H20N8O4. The summed E-state index contributed by atoms with van der Waals surface area (Å²) in [6.45, 7) is -0.457. The number of anilines is 4. The van der Waals surface area contributed by atoms with Crippen LogP contribution < -0.4 is 26.2 Å². The van der Waals surface area contributed by atoms with E-state index in [1.807, 2.05) is 30.3 Å². The van der Waals surface area contributed by atoms with Gasteiger partial charge in [-0.25, -0.2) is 4.79 Å². The van der Waals surface area contributed by atoms with E-state index in [0.29, 0.717) is 17.1 Å². The first-order valence-corrected chi connectivity index (χ1v) is 10.7. The molecule has 2 aromatic carbocycles. The fourth-order valence-electron chi connectivity index (χ4n) is 3.12. The maximum Gasteiger partial charge on any atom is 0.324 e. The summed E-state index contributed by atoms with van der Waals surface area (Å²) in [5.74, 6) is 0.00357. The Kier molecular flexibility index (Phi) is 7.44. The molecule has 36 heavy (non-hydrogen) atoms. The molecule has 0 fully saturated rings. The zero-order valence-corrected chi connectivity index (χ0v) is 18.7. The Balaban J connectivity index is 1.47. The maximum absolute atomic E-state index is 12.6. The lowest BCUT2D eigenvalue weighted by molar-refractivity contribution is 0.196. The summed E-state index contributed by atoms with van der Waals surface area (Å²) < 4.78 is 5.20. The lowest BCUT2D eigenvalue weighted by atomic mass is 10.1. The minimum absolute atomic E-state index is 0.0241. The molecule has 4 rings (SSSR count). The third-order valence-electron chi connectivity index (χ3n) is 4.73. The van der Waals surface area contributed by atoms with Crippen LogP contribution in [0.3, 0.4) is 0 Å². The summed E-state index contributed by atoms with van der Waals surface area (Å²) in [6, 6.07) is 20.8. The van der Waals surface area contributed by atoms with Gasteiger partial charge in [0.2, 0.25) is 11.8 Å². The summed E-state index contributed by atoms with van der Waals surface area (Å²) in [5, 5.41) is 34.5. The van der Waals surface area contributed by atoms with Crippen molar-refractivity contribution < 1.29 is 14.6 Å². The highest BCUT2D eigenvalue weighted by Gasteiger charge is 2.14. The van der Waals surface area contributed by atoms with Gasteiger partial charge in [-0.2, -0.15) is 10.2 Å². The van der Waals surface area contributed by atoms with Gasteiger partial charge in [0.1, 0.15) is 12.7 Å². The summed E-state index contributed by atoms with van der Waals surface area (Å²) in [6.07, 6.45) is 0. The number of aromatic nitrogens is 4. The summed E-state index contributed by atoms with van der Waals surface area (Å²) in [4.78, 5) is 31.3. The number of carbonyl (C=O) groups excluding carboxylic acids is 1. The molecule has 5 N–H and O–H groups in total. The Morgan fingerprint density at radius 1 is 1.00 bits per heavy atom. The first-order chi connectivity index (χ1) is 17.6. The molecule has 4 aromatic rings. The van der Waals surface area contributed by atoms with E-state index in [9.17, 15) is 14.9 Å². The Hall–Kier alpha value is -5.28. The molecule has 0 aliphatic carbocycles. The normalized spacial score (nSPS) is 10.2. The third-order valence-corrected chi connectivity index (χ3v) is 4.73. The Bertz CT molecular complexity index is 1450. The Morgan fingerprint density at radius 3 is 2.44 bits per heavy atom. The van der Waals surface area contributed by atoms with Crippen molar-refractivity contribution in [2.75, 3.05) is 29.2 Å². The molecule has 2 aromatic heterocycles. The SMILES string of the molecule is N#Cc1c(OCCO)nc(Nc2ccccc2NC(=O)Nc2ccc(-c3ccccc3)nn2)[nH]c1=O. The highest BCUT2D eigenvalue weighted by Crippen LogP contribution is 2.25. The zero-order chi connectivity index (χ0) is 25.3. The summed E-state index contributed by atoms with van der Waals surface area (Å²) in [7, 11) is 0. The number of para-hydroxylation sites is 2. The number of amides is 2. The first kappa shape index (κ1) is 23.9. The number of hydrogen-bond acceptors (Lipinski definition) is 9. The molecule has 2 heterocycles. The predicted octanol–water partition coefficient (Wildman–Crippen LogP) is 2.86. The molecule has 12 nitrogen and oxygen atoms in total. The number of ether oxygens (including phenoxy) is 1. The van der Waals surface area contributed by atoms with E-state index in [0.717, 1.165) is 5.56 Å². The van der Waals surface area contributed by atoms with Gasteiger partial charge in [0.05, 0.1) is 23.7 Å². The van der Waals surface area contributed by atoms with Crippen LogP contribution >= 0.6 is 0 Å². The molecule has 0 bridgehead atoms. The van der Waals surface area contributed by atoms with Gasteiger partial charge < -0.3 is 20.5 Å². The number of nitrogens with one attached hydrogen (secondary N) is 4. The number of urea groups is 1. The molecule has 12 heteroatoms. The van der Waals surface area contributed by atoms with Crippen molar-refractivity contribution in [3.05, 3.63) is 82.6 Å². The van der Waals surface area contributed by atoms with Crippen LogP contribution in [0, 0.1) is 11.3 Å². The number of carbonyl (C=O) groups is 1. The van der Waals surface area contributed by atoms with E-state index in [-0.39, 0.29) is 36.4 Å². The van der Waals surface area contributed by atoms with Crippen molar-refractivity contribution >= 4 is 29.2 Å². The van der Waals surface area contributed by atoms with Crippen molar-refractivity contribution in [1.29, 1.82) is 5.26 Å². The number of H-pyrrole nitrogens is 1. The van der Waals surface area contributed by atoms with Crippen LogP contribution in [-0.4, -0.2) is 44.5 Å². The smallest absolute Gasteiger partial charge is 0.324 e. The van der Waals surface area contributed by atoms with Gasteiger partial charge in [-0.15, -0.1) is 10.2 Å². The fourth-order valence-corrected chi connectivity index (χ4v) is 3.12. The van der Waals surface area contributed by atoms with Crippen LogP contribution in [0.4, 0.5) is 27.9 Å². The van der Waals surface area contributed by atoms with E-state index in [1.165, 1.54) is 0 Å². The second kappa shape index (κ2) is 11.2. The number of rotatable bonds is 8. The van der Waals surface area contributed by atoms with Crippen LogP contribution in [0.2, 0.25) is 0 Å². The van der Waals surface area contributed by atoms with E-state index in [1.54, 1.807) is 42.5 Å². The van der Waals surface area contributed by atoms with Gasteiger partial charge in [-0.1, -0.05) is 42.5 Å². The number of nitrogens with zero attached hydrogens (tertiary/aromatic N) is 4. The summed E-state index contributed by atoms with van der Waals surface area (Å²) >= 11 is 0. The van der Waals surface area contributed by atoms with Gasteiger partial charge in [-0.05, 0) is 24.3 Å². The first-order valence-electron chi connectivity index (χ1n) is 10.7. The standard InChI is InChI=1S/C24H20N8O4/c25-14-16-21(34)29-23(30-22(16)36-13-12-33)26-18-8-4-5-9-19(18)27-24(35)28-20-11-10-17(31-32-20)15-6-2-1-3-7-15/h1-11,33H,12-13H2,(H2,26,29,30,34)(H2,27,28,32,35). The van der Waals surface area contributed by atoms with Gasteiger partial charge in [-0.3, -0.25) is 15.1 Å². The molecule has 0 saturated heterocycles. The molecule has 0 saturated carbocycles. The van der Waals surface area contributed by atoms with Crippen molar-refractivity contribution in [2.24, 2.45) is 0 Å². The van der Waals surface area contributed by atoms with Crippen LogP contribution in [0.5, 0.6) is 5.88 Å². The van der Waals surface area contributed by atoms with E-state index in [4.69, 9.17) is 9.84 Å². The average molecular weight is 484 g/mol. The molecule has 2 amide bonds. The maximum atomic E-state index is 12.6. The second-order valence-corrected chi connectivity index (χ2v) is 7.20. The Morgan fingerprint density at radius 2 is 1.75 bits per heavy atom. The third kappa shape index (κ3) is 5.79. The summed E-state index contributed by atoms with van der Waals surface area (Å²) in [5.41, 5.74) is 1.30. The molecule has 0 radical (unpaired) electrons. The quantitative estimate of drug-likeness (QED) is 0.251. The number of aliphatic hydroxyl groups excluding tert-OH is 1. The van der Waals surface area contributed by atoms with E-state index in [2.05, 4.69) is 36.1 Å². The van der Waals surface area contributed by atoms with E-state index < -0.39 is 11.6 Å². The van der Waals surface area contributed by atoms with E-state index >= 15 is 0 Å². The van der Waals surface area contributed by atoms with Crippen molar-refractivity contribution in [3.63, 3.8) is 0 Å². The second-order valence-electron chi connectivity index (χ2n) is 7.20. The minimum Gasteiger partial charge on any atom is -0.474 e. The molecule has 0 aliphatic rings. The van der Waals surface area contributed by atoms with Crippen molar-refractivity contribution in [3.8, 4) is 23.2 Å². The average Bonchev–Trinajstić information content (AvgIpc) is 2.89.